The maximum absolute atomic E-state index is 12.5. The minimum atomic E-state index is -0.966. The lowest BCUT2D eigenvalue weighted by Crippen LogP contribution is -2.26. The first-order valence-electron chi connectivity index (χ1n) is 7.47. The van der Waals surface area contributed by atoms with Crippen LogP contribution < -0.4 is 5.69 Å². The van der Waals surface area contributed by atoms with Gasteiger partial charge in [-0.1, -0.05) is 12.8 Å². The van der Waals surface area contributed by atoms with Crippen LogP contribution in [0, 0.1) is 12.8 Å². The molecule has 2 heterocycles. The van der Waals surface area contributed by atoms with Crippen LogP contribution in [-0.2, 0) is 0 Å². The van der Waals surface area contributed by atoms with Crippen LogP contribution in [0.5, 0.6) is 0 Å². The summed E-state index contributed by atoms with van der Waals surface area (Å²) in [6.45, 7) is 3.74. The van der Waals surface area contributed by atoms with Gasteiger partial charge in [0.25, 0.3) is 0 Å². The third-order valence-electron chi connectivity index (χ3n) is 4.14. The van der Waals surface area contributed by atoms with E-state index >= 15 is 0 Å². The zero-order valence-corrected chi connectivity index (χ0v) is 13.5. The molecule has 1 aliphatic rings. The summed E-state index contributed by atoms with van der Waals surface area (Å²) in [5.41, 5.74) is 0.454. The highest BCUT2D eigenvalue weighted by atomic mass is 32.1. The van der Waals surface area contributed by atoms with Crippen LogP contribution in [-0.4, -0.2) is 25.4 Å². The number of carboxylic acids is 1. The van der Waals surface area contributed by atoms with Gasteiger partial charge in [-0.25, -0.2) is 18.8 Å². The third kappa shape index (κ3) is 2.85. The molecule has 0 amide bonds. The van der Waals surface area contributed by atoms with Crippen molar-refractivity contribution in [2.24, 2.45) is 5.92 Å². The van der Waals surface area contributed by atoms with E-state index in [1.54, 1.807) is 13.0 Å². The molecule has 1 atom stereocenters. The van der Waals surface area contributed by atoms with Crippen LogP contribution >= 0.6 is 11.3 Å². The highest BCUT2D eigenvalue weighted by Crippen LogP contribution is 2.35. The summed E-state index contributed by atoms with van der Waals surface area (Å²) in [7, 11) is 0. The fourth-order valence-electron chi connectivity index (χ4n) is 2.57. The molecule has 2 aromatic heterocycles. The van der Waals surface area contributed by atoms with Gasteiger partial charge in [0.2, 0.25) is 0 Å². The van der Waals surface area contributed by atoms with Gasteiger partial charge in [-0.3, -0.25) is 0 Å². The largest absolute Gasteiger partial charge is 0.477 e. The molecule has 1 N–H and O–H groups in total. The molecule has 3 rings (SSSR count). The SMILES string of the molecule is Cc1cc(-n2cnn(C(C)CCC3CC3)c2=O)sc1C(=O)O. The van der Waals surface area contributed by atoms with Gasteiger partial charge >= 0.3 is 11.7 Å². The molecule has 2 aromatic rings. The van der Waals surface area contributed by atoms with E-state index in [2.05, 4.69) is 5.10 Å². The van der Waals surface area contributed by atoms with Crippen LogP contribution in [0.4, 0.5) is 0 Å². The molecule has 0 aromatic carbocycles. The first kappa shape index (κ1) is 15.0. The minimum Gasteiger partial charge on any atom is -0.477 e. The number of aromatic nitrogens is 3. The third-order valence-corrected chi connectivity index (χ3v) is 5.36. The summed E-state index contributed by atoms with van der Waals surface area (Å²) in [6.07, 6.45) is 6.19. The standard InChI is InChI=1S/C15H19N3O3S/c1-9-7-12(22-13(9)14(19)20)17-8-16-18(15(17)21)10(2)3-4-11-5-6-11/h7-8,10-11H,3-6H2,1-2H3,(H,19,20). The second-order valence-electron chi connectivity index (χ2n) is 6.00. The number of aromatic carboxylic acids is 1. The Morgan fingerprint density at radius 1 is 1.55 bits per heavy atom. The maximum atomic E-state index is 12.5. The van der Waals surface area contributed by atoms with Crippen molar-refractivity contribution in [3.8, 4) is 5.00 Å². The summed E-state index contributed by atoms with van der Waals surface area (Å²) < 4.78 is 2.93. The molecule has 0 bridgehead atoms. The first-order valence-corrected chi connectivity index (χ1v) is 8.29. The van der Waals surface area contributed by atoms with Gasteiger partial charge in [-0.05, 0) is 44.2 Å². The maximum Gasteiger partial charge on any atom is 0.351 e. The zero-order chi connectivity index (χ0) is 15.9. The molecule has 118 valence electrons. The number of rotatable bonds is 6. The number of carbonyl (C=O) groups is 1. The molecule has 1 saturated carbocycles. The lowest BCUT2D eigenvalue weighted by Gasteiger charge is -2.09. The van der Waals surface area contributed by atoms with Crippen LogP contribution in [0.25, 0.3) is 5.00 Å². The summed E-state index contributed by atoms with van der Waals surface area (Å²) in [5, 5.41) is 13.9. The molecular formula is C15H19N3O3S. The molecule has 22 heavy (non-hydrogen) atoms. The highest BCUT2D eigenvalue weighted by Gasteiger charge is 2.23. The van der Waals surface area contributed by atoms with E-state index in [4.69, 9.17) is 5.11 Å². The number of thiophene rings is 1. The smallest absolute Gasteiger partial charge is 0.351 e. The number of aryl methyl sites for hydroxylation is 1. The summed E-state index contributed by atoms with van der Waals surface area (Å²) in [4.78, 5) is 23.9. The van der Waals surface area contributed by atoms with Gasteiger partial charge in [0, 0.05) is 0 Å². The molecule has 1 aliphatic carbocycles. The molecule has 0 spiro atoms. The van der Waals surface area contributed by atoms with Crippen molar-refractivity contribution in [3.63, 3.8) is 0 Å². The van der Waals surface area contributed by atoms with Gasteiger partial charge in [0.05, 0.1) is 6.04 Å². The fourth-order valence-corrected chi connectivity index (χ4v) is 3.55. The Balaban J connectivity index is 1.84. The average Bonchev–Trinajstić information content (AvgIpc) is 3.10. The molecule has 0 saturated heterocycles. The lowest BCUT2D eigenvalue weighted by molar-refractivity contribution is 0.0701. The van der Waals surface area contributed by atoms with E-state index in [0.29, 0.717) is 10.6 Å². The number of nitrogens with zero attached hydrogens (tertiary/aromatic N) is 3. The molecule has 1 unspecified atom stereocenters. The second-order valence-corrected chi connectivity index (χ2v) is 7.03. The van der Waals surface area contributed by atoms with Crippen molar-refractivity contribution in [2.75, 3.05) is 0 Å². The Kier molecular flexibility index (Phi) is 3.90. The zero-order valence-electron chi connectivity index (χ0n) is 12.7. The number of hydrogen-bond donors (Lipinski definition) is 1. The van der Waals surface area contributed by atoms with Crippen molar-refractivity contribution in [1.29, 1.82) is 0 Å². The molecule has 0 aliphatic heterocycles. The normalized spacial score (nSPS) is 15.9. The second kappa shape index (κ2) is 5.72. The Morgan fingerprint density at radius 3 is 2.86 bits per heavy atom. The molecular weight excluding hydrogens is 302 g/mol. The van der Waals surface area contributed by atoms with Gasteiger partial charge in [-0.2, -0.15) is 5.10 Å². The van der Waals surface area contributed by atoms with E-state index in [0.717, 1.165) is 30.1 Å². The monoisotopic (exact) mass is 321 g/mol. The van der Waals surface area contributed by atoms with Crippen molar-refractivity contribution < 1.29 is 9.90 Å². The lowest BCUT2D eigenvalue weighted by atomic mass is 10.1. The van der Waals surface area contributed by atoms with Crippen molar-refractivity contribution in [2.45, 2.75) is 45.6 Å². The minimum absolute atomic E-state index is 0.0642. The summed E-state index contributed by atoms with van der Waals surface area (Å²) in [6, 6.07) is 1.78. The van der Waals surface area contributed by atoms with Gasteiger partial charge in [0.15, 0.2) is 0 Å². The van der Waals surface area contributed by atoms with Gasteiger partial charge in [-0.15, -0.1) is 11.3 Å². The van der Waals surface area contributed by atoms with E-state index < -0.39 is 5.97 Å². The fraction of sp³-hybridized carbons (Fsp3) is 0.533. The Bertz CT molecular complexity index is 754. The van der Waals surface area contributed by atoms with E-state index in [9.17, 15) is 9.59 Å². The van der Waals surface area contributed by atoms with Crippen molar-refractivity contribution in [1.82, 2.24) is 14.3 Å². The topological polar surface area (TPSA) is 77.1 Å². The van der Waals surface area contributed by atoms with Crippen LogP contribution in [0.2, 0.25) is 0 Å². The number of carboxylic acid groups (broad SMARTS) is 1. The number of hydrogen-bond acceptors (Lipinski definition) is 4. The summed E-state index contributed by atoms with van der Waals surface area (Å²) >= 11 is 1.10. The first-order chi connectivity index (χ1) is 10.5. The van der Waals surface area contributed by atoms with E-state index in [1.807, 2.05) is 6.92 Å². The van der Waals surface area contributed by atoms with Crippen LogP contribution in [0.3, 0.4) is 0 Å². The predicted molar refractivity (Wildman–Crippen MR) is 84.1 cm³/mol. The van der Waals surface area contributed by atoms with Gasteiger partial charge in [0.1, 0.15) is 16.2 Å². The predicted octanol–water partition coefficient (Wildman–Crippen LogP) is 2.85. The van der Waals surface area contributed by atoms with Crippen LogP contribution in [0.15, 0.2) is 17.2 Å². The molecule has 6 nitrogen and oxygen atoms in total. The van der Waals surface area contributed by atoms with Crippen molar-refractivity contribution >= 4 is 17.3 Å². The Labute approximate surface area is 132 Å². The van der Waals surface area contributed by atoms with E-state index in [1.165, 1.54) is 28.4 Å². The molecule has 7 heteroatoms. The van der Waals surface area contributed by atoms with Crippen LogP contribution in [0.1, 0.15) is 53.9 Å². The quantitative estimate of drug-likeness (QED) is 0.887. The van der Waals surface area contributed by atoms with E-state index in [-0.39, 0.29) is 16.6 Å². The molecule has 1 fully saturated rings. The van der Waals surface area contributed by atoms with Crippen molar-refractivity contribution in [3.05, 3.63) is 33.3 Å². The van der Waals surface area contributed by atoms with Gasteiger partial charge < -0.3 is 5.11 Å². The Hall–Kier alpha value is -1.89. The highest BCUT2D eigenvalue weighted by molar-refractivity contribution is 7.16. The molecule has 0 radical (unpaired) electrons. The Morgan fingerprint density at radius 2 is 2.27 bits per heavy atom. The summed E-state index contributed by atoms with van der Waals surface area (Å²) in [5.74, 6) is -0.134. The average molecular weight is 321 g/mol.